The van der Waals surface area contributed by atoms with Gasteiger partial charge in [0.1, 0.15) is 0 Å². The smallest absolute Gasteiger partial charge is 0.453 e. The van der Waals surface area contributed by atoms with Gasteiger partial charge in [-0.15, -0.1) is 11.3 Å². The first-order chi connectivity index (χ1) is 11.1. The number of carbonyl (C=O) groups excluding carboxylic acids is 1. The first kappa shape index (κ1) is 20.8. The van der Waals surface area contributed by atoms with Crippen molar-refractivity contribution in [1.29, 1.82) is 0 Å². The van der Waals surface area contributed by atoms with Gasteiger partial charge in [0.2, 0.25) is 0 Å². The van der Waals surface area contributed by atoms with Gasteiger partial charge in [-0.1, -0.05) is 0 Å². The molecule has 24 heavy (non-hydrogen) atoms. The van der Waals surface area contributed by atoms with Crippen LogP contribution in [0.2, 0.25) is 0 Å². The first-order valence-electron chi connectivity index (χ1n) is 7.42. The number of carbonyl (C=O) groups is 1. The molecule has 0 bridgehead atoms. The van der Waals surface area contributed by atoms with Gasteiger partial charge in [-0.05, 0) is 37.8 Å². The van der Waals surface area contributed by atoms with Crippen LogP contribution in [0.4, 0.5) is 22.0 Å². The summed E-state index contributed by atoms with van der Waals surface area (Å²) in [5, 5.41) is 0. The van der Waals surface area contributed by atoms with Gasteiger partial charge in [-0.3, -0.25) is 4.79 Å². The maximum absolute atomic E-state index is 12.8. The molecule has 0 aliphatic rings. The Kier molecular flexibility index (Phi) is 7.59. The highest BCUT2D eigenvalue weighted by Gasteiger charge is 2.56. The normalized spacial score (nSPS) is 13.8. The van der Waals surface area contributed by atoms with Crippen LogP contribution in [-0.4, -0.2) is 25.2 Å². The molecule has 0 aliphatic heterocycles. The first-order valence-corrected chi connectivity index (χ1v) is 8.24. The van der Waals surface area contributed by atoms with E-state index in [4.69, 9.17) is 5.73 Å². The predicted octanol–water partition coefficient (Wildman–Crippen LogP) is 4.61. The topological polar surface area (TPSA) is 52.3 Å². The Morgan fingerprint density at radius 2 is 1.92 bits per heavy atom. The lowest BCUT2D eigenvalue weighted by atomic mass is 10.1. The van der Waals surface area contributed by atoms with Crippen LogP contribution in [0.15, 0.2) is 12.1 Å². The van der Waals surface area contributed by atoms with Gasteiger partial charge >= 0.3 is 18.1 Å². The second kappa shape index (κ2) is 8.75. The quantitative estimate of drug-likeness (QED) is 0.508. The van der Waals surface area contributed by atoms with E-state index < -0.39 is 24.6 Å². The highest BCUT2D eigenvalue weighted by atomic mass is 32.1. The SMILES string of the molecule is COC(=O)CCCc1ccc(C(N)CCCC(F)(F)C(F)(F)F)s1. The summed E-state index contributed by atoms with van der Waals surface area (Å²) in [5.74, 6) is -4.98. The second-order valence-corrected chi connectivity index (χ2v) is 6.63. The average Bonchev–Trinajstić information content (AvgIpc) is 2.94. The van der Waals surface area contributed by atoms with Gasteiger partial charge in [-0.25, -0.2) is 0 Å². The summed E-state index contributed by atoms with van der Waals surface area (Å²) >= 11 is 1.38. The van der Waals surface area contributed by atoms with E-state index in [1.54, 1.807) is 6.07 Å². The molecule has 1 aromatic rings. The molecule has 0 amide bonds. The maximum Gasteiger partial charge on any atom is 0.453 e. The summed E-state index contributed by atoms with van der Waals surface area (Å²) < 4.78 is 66.4. The average molecular weight is 373 g/mol. The summed E-state index contributed by atoms with van der Waals surface area (Å²) in [6.07, 6.45) is -5.49. The number of hydrogen-bond acceptors (Lipinski definition) is 4. The minimum atomic E-state index is -5.52. The van der Waals surface area contributed by atoms with E-state index in [1.807, 2.05) is 6.07 Å². The Morgan fingerprint density at radius 1 is 1.25 bits per heavy atom. The number of hydrogen-bond donors (Lipinski definition) is 1. The van der Waals surface area contributed by atoms with E-state index >= 15 is 0 Å². The molecule has 0 saturated heterocycles. The second-order valence-electron chi connectivity index (χ2n) is 5.43. The molecule has 1 rings (SSSR count). The summed E-state index contributed by atoms with van der Waals surface area (Å²) in [6, 6.07) is 2.99. The molecule has 3 nitrogen and oxygen atoms in total. The van der Waals surface area contributed by atoms with E-state index in [0.717, 1.165) is 9.75 Å². The van der Waals surface area contributed by atoms with Crippen LogP contribution in [0, 0.1) is 0 Å². The highest BCUT2D eigenvalue weighted by Crippen LogP contribution is 2.39. The van der Waals surface area contributed by atoms with Crippen LogP contribution in [0.25, 0.3) is 0 Å². The van der Waals surface area contributed by atoms with Crippen LogP contribution >= 0.6 is 11.3 Å². The molecule has 0 spiro atoms. The highest BCUT2D eigenvalue weighted by molar-refractivity contribution is 7.12. The summed E-state index contributed by atoms with van der Waals surface area (Å²) in [4.78, 5) is 12.7. The Balaban J connectivity index is 2.41. The number of rotatable bonds is 9. The van der Waals surface area contributed by atoms with E-state index in [9.17, 15) is 26.7 Å². The molecule has 0 aliphatic carbocycles. The molecule has 138 valence electrons. The molecule has 1 heterocycles. The molecule has 1 unspecified atom stereocenters. The van der Waals surface area contributed by atoms with E-state index in [2.05, 4.69) is 4.74 Å². The zero-order valence-electron chi connectivity index (χ0n) is 13.2. The van der Waals surface area contributed by atoms with Crippen molar-refractivity contribution in [1.82, 2.24) is 0 Å². The predicted molar refractivity (Wildman–Crippen MR) is 81.1 cm³/mol. The van der Waals surface area contributed by atoms with E-state index in [-0.39, 0.29) is 18.8 Å². The Morgan fingerprint density at radius 3 is 2.50 bits per heavy atom. The molecule has 0 saturated carbocycles. The third-order valence-corrected chi connectivity index (χ3v) is 4.78. The molecular weight excluding hydrogens is 353 g/mol. The third kappa shape index (κ3) is 6.35. The van der Waals surface area contributed by atoms with Crippen molar-refractivity contribution in [3.8, 4) is 0 Å². The van der Waals surface area contributed by atoms with Crippen LogP contribution in [0.1, 0.15) is 47.9 Å². The van der Waals surface area contributed by atoms with Crippen molar-refractivity contribution in [3.63, 3.8) is 0 Å². The maximum atomic E-state index is 12.8. The number of ether oxygens (including phenoxy) is 1. The molecule has 1 aromatic heterocycles. The van der Waals surface area contributed by atoms with Crippen molar-refractivity contribution >= 4 is 17.3 Å². The zero-order chi connectivity index (χ0) is 18.4. The van der Waals surface area contributed by atoms with Crippen LogP contribution < -0.4 is 5.73 Å². The van der Waals surface area contributed by atoms with Crippen LogP contribution in [-0.2, 0) is 16.0 Å². The Hall–Kier alpha value is -1.22. The summed E-state index contributed by atoms with van der Waals surface area (Å²) in [5.41, 5.74) is 5.86. The van der Waals surface area contributed by atoms with Crippen molar-refractivity contribution in [2.24, 2.45) is 5.73 Å². The minimum absolute atomic E-state index is 0.0494. The number of nitrogens with two attached hydrogens (primary N) is 1. The monoisotopic (exact) mass is 373 g/mol. The van der Waals surface area contributed by atoms with E-state index in [1.165, 1.54) is 18.4 Å². The summed E-state index contributed by atoms with van der Waals surface area (Å²) in [7, 11) is 1.31. The fraction of sp³-hybridized carbons (Fsp3) is 0.667. The number of thiophene rings is 1. The number of alkyl halides is 5. The zero-order valence-corrected chi connectivity index (χ0v) is 14.0. The molecule has 9 heteroatoms. The number of methoxy groups -OCH3 is 1. The van der Waals surface area contributed by atoms with Crippen molar-refractivity contribution < 1.29 is 31.5 Å². The van der Waals surface area contributed by atoms with Crippen molar-refractivity contribution in [3.05, 3.63) is 21.9 Å². The van der Waals surface area contributed by atoms with Gasteiger partial charge in [-0.2, -0.15) is 22.0 Å². The minimum Gasteiger partial charge on any atom is -0.469 e. The Labute approximate surface area is 141 Å². The number of halogens is 5. The molecule has 2 N–H and O–H groups in total. The number of esters is 1. The van der Waals surface area contributed by atoms with Crippen LogP contribution in [0.3, 0.4) is 0 Å². The largest absolute Gasteiger partial charge is 0.469 e. The van der Waals surface area contributed by atoms with Crippen molar-refractivity contribution in [2.75, 3.05) is 7.11 Å². The van der Waals surface area contributed by atoms with Gasteiger partial charge in [0.05, 0.1) is 7.11 Å². The lowest BCUT2D eigenvalue weighted by Gasteiger charge is -2.20. The van der Waals surface area contributed by atoms with Gasteiger partial charge in [0, 0.05) is 28.6 Å². The third-order valence-electron chi connectivity index (χ3n) is 3.50. The Bertz CT molecular complexity index is 530. The van der Waals surface area contributed by atoms with Crippen LogP contribution in [0.5, 0.6) is 0 Å². The molecule has 0 aromatic carbocycles. The molecular formula is C15H20F5NO2S. The van der Waals surface area contributed by atoms with Gasteiger partial charge < -0.3 is 10.5 Å². The molecule has 1 atom stereocenters. The van der Waals surface area contributed by atoms with Crippen molar-refractivity contribution in [2.45, 2.75) is 56.7 Å². The van der Waals surface area contributed by atoms with E-state index in [0.29, 0.717) is 19.3 Å². The lowest BCUT2D eigenvalue weighted by molar-refractivity contribution is -0.284. The lowest BCUT2D eigenvalue weighted by Crippen LogP contribution is -2.36. The molecule has 0 radical (unpaired) electrons. The number of aryl methyl sites for hydroxylation is 1. The standard InChI is InChI=1S/C15H20F5NO2S/c1-23-13(22)6-2-4-10-7-8-12(24-10)11(21)5-3-9-14(16,17)15(18,19)20/h7-8,11H,2-6,9,21H2,1H3. The fourth-order valence-corrected chi connectivity index (χ4v) is 3.16. The molecule has 0 fully saturated rings. The fourth-order valence-electron chi connectivity index (χ4n) is 2.07. The van der Waals surface area contributed by atoms with Gasteiger partial charge in [0.15, 0.2) is 0 Å². The summed E-state index contributed by atoms with van der Waals surface area (Å²) in [6.45, 7) is 0. The van der Waals surface area contributed by atoms with Gasteiger partial charge in [0.25, 0.3) is 0 Å².